The van der Waals surface area contributed by atoms with Gasteiger partial charge in [0.25, 0.3) is 0 Å². The van der Waals surface area contributed by atoms with E-state index >= 15 is 0 Å². The number of fused-ring (bicyclic) bond motifs is 1. The van der Waals surface area contributed by atoms with E-state index in [-0.39, 0.29) is 11.7 Å². The topological polar surface area (TPSA) is 29.1 Å². The molecule has 1 N–H and O–H groups in total. The molecule has 4 heteroatoms. The van der Waals surface area contributed by atoms with Gasteiger partial charge < -0.3 is 5.32 Å². The fourth-order valence-corrected chi connectivity index (χ4v) is 2.58. The number of halogens is 2. The summed E-state index contributed by atoms with van der Waals surface area (Å²) in [5, 5.41) is 2.21. The Morgan fingerprint density at radius 3 is 2.79 bits per heavy atom. The molecule has 2 nitrogen and oxygen atoms in total. The van der Waals surface area contributed by atoms with Crippen LogP contribution in [0.1, 0.15) is 22.1 Å². The number of amides is 1. The smallest absolute Gasteiger partial charge is 0.228 e. The predicted octanol–water partition coefficient (Wildman–Crippen LogP) is 3.65. The van der Waals surface area contributed by atoms with E-state index in [1.807, 2.05) is 18.2 Å². The Morgan fingerprint density at radius 1 is 1.21 bits per heavy atom. The van der Waals surface area contributed by atoms with Crippen LogP contribution in [-0.4, -0.2) is 5.91 Å². The first-order valence-electron chi connectivity index (χ1n) is 5.96. The van der Waals surface area contributed by atoms with Gasteiger partial charge >= 0.3 is 0 Å². The molecule has 2 aromatic rings. The van der Waals surface area contributed by atoms with Gasteiger partial charge in [0, 0.05) is 11.3 Å². The molecular formula is C15H11ClFNO. The van der Waals surface area contributed by atoms with E-state index in [0.717, 1.165) is 16.8 Å². The number of benzene rings is 2. The SMILES string of the molecule is O=C1Cc2cc(C(Cl)c3ccccc3F)ccc2N1. The Kier molecular flexibility index (Phi) is 2.99. The first-order chi connectivity index (χ1) is 9.15. The zero-order chi connectivity index (χ0) is 13.4. The van der Waals surface area contributed by atoms with Crippen molar-refractivity contribution in [3.05, 3.63) is 65.0 Å². The second-order valence-corrected chi connectivity index (χ2v) is 4.96. The Labute approximate surface area is 115 Å². The molecule has 0 spiro atoms. The average Bonchev–Trinajstić information content (AvgIpc) is 2.77. The van der Waals surface area contributed by atoms with E-state index in [4.69, 9.17) is 11.6 Å². The van der Waals surface area contributed by atoms with Gasteiger partial charge in [-0.25, -0.2) is 4.39 Å². The van der Waals surface area contributed by atoms with Crippen LogP contribution in [0, 0.1) is 5.82 Å². The van der Waals surface area contributed by atoms with Crippen molar-refractivity contribution in [3.8, 4) is 0 Å². The molecule has 0 aliphatic carbocycles. The molecule has 1 heterocycles. The van der Waals surface area contributed by atoms with Gasteiger partial charge in [-0.1, -0.05) is 30.3 Å². The number of carbonyl (C=O) groups excluding carboxylic acids is 1. The van der Waals surface area contributed by atoms with Gasteiger partial charge in [0.2, 0.25) is 5.91 Å². The van der Waals surface area contributed by atoms with Gasteiger partial charge in [-0.15, -0.1) is 11.6 Å². The van der Waals surface area contributed by atoms with E-state index < -0.39 is 5.38 Å². The normalized spacial score (nSPS) is 14.9. The van der Waals surface area contributed by atoms with Gasteiger partial charge in [-0.05, 0) is 23.3 Å². The van der Waals surface area contributed by atoms with Crippen LogP contribution in [0.15, 0.2) is 42.5 Å². The molecule has 0 aromatic heterocycles. The lowest BCUT2D eigenvalue weighted by Crippen LogP contribution is -2.03. The van der Waals surface area contributed by atoms with E-state index in [2.05, 4.69) is 5.32 Å². The lowest BCUT2D eigenvalue weighted by atomic mass is 10.0. The van der Waals surface area contributed by atoms with Crippen molar-refractivity contribution in [1.29, 1.82) is 0 Å². The Morgan fingerprint density at radius 2 is 2.00 bits per heavy atom. The highest BCUT2D eigenvalue weighted by atomic mass is 35.5. The maximum Gasteiger partial charge on any atom is 0.228 e. The van der Waals surface area contributed by atoms with Crippen molar-refractivity contribution < 1.29 is 9.18 Å². The van der Waals surface area contributed by atoms with Crippen molar-refractivity contribution in [2.75, 3.05) is 5.32 Å². The Bertz CT molecular complexity index is 656. The molecule has 0 fully saturated rings. The van der Waals surface area contributed by atoms with Crippen LogP contribution < -0.4 is 5.32 Å². The van der Waals surface area contributed by atoms with E-state index in [9.17, 15) is 9.18 Å². The third kappa shape index (κ3) is 2.22. The second kappa shape index (κ2) is 4.67. The molecule has 3 rings (SSSR count). The molecule has 1 aliphatic rings. The third-order valence-corrected chi connectivity index (χ3v) is 3.71. The first kappa shape index (κ1) is 12.2. The minimum Gasteiger partial charge on any atom is -0.326 e. The van der Waals surface area contributed by atoms with Gasteiger partial charge in [0.15, 0.2) is 0 Å². The van der Waals surface area contributed by atoms with Crippen molar-refractivity contribution in [1.82, 2.24) is 0 Å². The van der Waals surface area contributed by atoms with Crippen molar-refractivity contribution in [3.63, 3.8) is 0 Å². The maximum absolute atomic E-state index is 13.7. The summed E-state index contributed by atoms with van der Waals surface area (Å²) in [4.78, 5) is 11.3. The zero-order valence-electron chi connectivity index (χ0n) is 9.99. The summed E-state index contributed by atoms with van der Waals surface area (Å²) in [6.45, 7) is 0. The lowest BCUT2D eigenvalue weighted by Gasteiger charge is -2.12. The Hall–Kier alpha value is -1.87. The third-order valence-electron chi connectivity index (χ3n) is 3.23. The summed E-state index contributed by atoms with van der Waals surface area (Å²) in [6.07, 6.45) is 0.351. The number of rotatable bonds is 2. The standard InChI is InChI=1S/C15H11ClFNO/c16-15(11-3-1-2-4-12(11)17)9-5-6-13-10(7-9)8-14(19)18-13/h1-7,15H,8H2,(H,18,19). The molecule has 0 saturated heterocycles. The quantitative estimate of drug-likeness (QED) is 0.833. The maximum atomic E-state index is 13.7. The number of hydrogen-bond donors (Lipinski definition) is 1. The van der Waals surface area contributed by atoms with Crippen LogP contribution in [0.2, 0.25) is 0 Å². The van der Waals surface area contributed by atoms with Crippen molar-refractivity contribution in [2.24, 2.45) is 0 Å². The summed E-state index contributed by atoms with van der Waals surface area (Å²) >= 11 is 6.33. The molecular weight excluding hydrogens is 265 g/mol. The number of anilines is 1. The fourth-order valence-electron chi connectivity index (χ4n) is 2.27. The summed E-state index contributed by atoms with van der Waals surface area (Å²) < 4.78 is 13.7. The van der Waals surface area contributed by atoms with Crippen LogP contribution in [0.3, 0.4) is 0 Å². The summed E-state index contributed by atoms with van der Waals surface area (Å²) in [7, 11) is 0. The second-order valence-electron chi connectivity index (χ2n) is 4.53. The zero-order valence-corrected chi connectivity index (χ0v) is 10.7. The molecule has 96 valence electrons. The highest BCUT2D eigenvalue weighted by Crippen LogP contribution is 2.34. The number of hydrogen-bond acceptors (Lipinski definition) is 1. The number of carbonyl (C=O) groups is 1. The van der Waals surface area contributed by atoms with Crippen molar-refractivity contribution in [2.45, 2.75) is 11.8 Å². The highest BCUT2D eigenvalue weighted by molar-refractivity contribution is 6.22. The lowest BCUT2D eigenvalue weighted by molar-refractivity contribution is -0.115. The average molecular weight is 276 g/mol. The molecule has 19 heavy (non-hydrogen) atoms. The van der Waals surface area contributed by atoms with Crippen molar-refractivity contribution >= 4 is 23.2 Å². The van der Waals surface area contributed by atoms with Crippen LogP contribution >= 0.6 is 11.6 Å². The molecule has 0 radical (unpaired) electrons. The summed E-state index contributed by atoms with van der Waals surface area (Å²) in [6, 6.07) is 11.9. The molecule has 1 aliphatic heterocycles. The monoisotopic (exact) mass is 275 g/mol. The number of nitrogens with one attached hydrogen (secondary N) is 1. The Balaban J connectivity index is 1.97. The minimum absolute atomic E-state index is 0.0239. The molecule has 1 unspecified atom stereocenters. The van der Waals surface area contributed by atoms with Crippen LogP contribution in [0.4, 0.5) is 10.1 Å². The largest absolute Gasteiger partial charge is 0.326 e. The fraction of sp³-hybridized carbons (Fsp3) is 0.133. The summed E-state index contributed by atoms with van der Waals surface area (Å²) in [5.74, 6) is -0.346. The first-order valence-corrected chi connectivity index (χ1v) is 6.40. The highest BCUT2D eigenvalue weighted by Gasteiger charge is 2.21. The van der Waals surface area contributed by atoms with Crippen LogP contribution in [0.25, 0.3) is 0 Å². The van der Waals surface area contributed by atoms with Gasteiger partial charge in [0.05, 0.1) is 11.8 Å². The van der Waals surface area contributed by atoms with Gasteiger partial charge in [-0.3, -0.25) is 4.79 Å². The molecule has 1 amide bonds. The van der Waals surface area contributed by atoms with Gasteiger partial charge in [-0.2, -0.15) is 0 Å². The number of alkyl halides is 1. The van der Waals surface area contributed by atoms with Gasteiger partial charge in [0.1, 0.15) is 5.82 Å². The van der Waals surface area contributed by atoms with Crippen LogP contribution in [-0.2, 0) is 11.2 Å². The molecule has 1 atom stereocenters. The molecule has 2 aromatic carbocycles. The van der Waals surface area contributed by atoms with E-state index in [0.29, 0.717) is 12.0 Å². The van der Waals surface area contributed by atoms with Crippen LogP contribution in [0.5, 0.6) is 0 Å². The molecule has 0 saturated carbocycles. The predicted molar refractivity (Wildman–Crippen MR) is 72.9 cm³/mol. The van der Waals surface area contributed by atoms with E-state index in [1.165, 1.54) is 6.07 Å². The minimum atomic E-state index is -0.554. The molecule has 0 bridgehead atoms. The van der Waals surface area contributed by atoms with E-state index in [1.54, 1.807) is 18.2 Å². The summed E-state index contributed by atoms with van der Waals surface area (Å²) in [5.41, 5.74) is 2.96.